The molecule has 2 aromatic rings. The molecule has 3 nitrogen and oxygen atoms in total. The number of hydrogen-bond donors (Lipinski definition) is 0. The van der Waals surface area contributed by atoms with Gasteiger partial charge in [0.1, 0.15) is 5.75 Å². The van der Waals surface area contributed by atoms with Crippen molar-refractivity contribution < 1.29 is 4.74 Å². The van der Waals surface area contributed by atoms with Crippen LogP contribution in [0, 0.1) is 0 Å². The lowest BCUT2D eigenvalue weighted by molar-refractivity contribution is 0.437. The molecule has 0 amide bonds. The van der Waals surface area contributed by atoms with Gasteiger partial charge in [0.25, 0.3) is 0 Å². The van der Waals surface area contributed by atoms with Crippen LogP contribution in [0.25, 0.3) is 0 Å². The first kappa shape index (κ1) is 9.65. The fraction of sp³-hybridized carbons (Fsp3) is 0.167. The Kier molecular flexibility index (Phi) is 2.93. The smallest absolute Gasteiger partial charge is 0.321 e. The molecule has 0 saturated carbocycles. The van der Waals surface area contributed by atoms with Crippen LogP contribution in [0.5, 0.6) is 11.8 Å². The van der Waals surface area contributed by atoms with Crippen molar-refractivity contribution in [1.29, 1.82) is 0 Å². The summed E-state index contributed by atoms with van der Waals surface area (Å²) >= 11 is 0. The highest BCUT2D eigenvalue weighted by atomic mass is 16.5. The minimum absolute atomic E-state index is 0.387. The number of nitrogens with zero attached hydrogens (tertiary/aromatic N) is 2. The van der Waals surface area contributed by atoms with E-state index in [1.807, 2.05) is 24.3 Å². The second kappa shape index (κ2) is 4.55. The van der Waals surface area contributed by atoms with Gasteiger partial charge in [-0.3, -0.25) is 0 Å². The van der Waals surface area contributed by atoms with Crippen molar-refractivity contribution in [2.24, 2.45) is 0 Å². The van der Waals surface area contributed by atoms with Gasteiger partial charge in [-0.2, -0.15) is 0 Å². The van der Waals surface area contributed by atoms with Gasteiger partial charge in [-0.25, -0.2) is 9.97 Å². The number of rotatable bonds is 3. The second-order valence-electron chi connectivity index (χ2n) is 3.09. The van der Waals surface area contributed by atoms with Crippen LogP contribution in [0.3, 0.4) is 0 Å². The molecule has 1 aromatic carbocycles. The molecule has 3 heteroatoms. The lowest BCUT2D eigenvalue weighted by Gasteiger charge is -2.07. The molecular weight excluding hydrogens is 188 g/mol. The first-order valence-corrected chi connectivity index (χ1v) is 4.93. The number of aromatic nitrogens is 2. The summed E-state index contributed by atoms with van der Waals surface area (Å²) in [7, 11) is 0. The normalized spacial score (nSPS) is 9.93. The molecule has 0 aliphatic carbocycles. The van der Waals surface area contributed by atoms with Gasteiger partial charge < -0.3 is 4.74 Å². The molecule has 0 atom stereocenters. The Bertz CT molecular complexity index is 429. The van der Waals surface area contributed by atoms with Crippen LogP contribution in [-0.2, 0) is 6.42 Å². The van der Waals surface area contributed by atoms with Crippen molar-refractivity contribution in [1.82, 2.24) is 9.97 Å². The summed E-state index contributed by atoms with van der Waals surface area (Å²) in [5.74, 6) is 0.825. The summed E-state index contributed by atoms with van der Waals surface area (Å²) in [5, 5.41) is 0. The van der Waals surface area contributed by atoms with Crippen molar-refractivity contribution in [3.8, 4) is 11.8 Å². The molecule has 0 saturated heterocycles. The van der Waals surface area contributed by atoms with Crippen molar-refractivity contribution in [2.45, 2.75) is 13.3 Å². The molecule has 0 fully saturated rings. The van der Waals surface area contributed by atoms with E-state index in [0.29, 0.717) is 6.01 Å². The summed E-state index contributed by atoms with van der Waals surface area (Å²) in [6, 6.07) is 10.1. The fourth-order valence-corrected chi connectivity index (χ4v) is 1.33. The van der Waals surface area contributed by atoms with Gasteiger partial charge in [0.15, 0.2) is 0 Å². The Hall–Kier alpha value is -1.90. The number of ether oxygens (including phenoxy) is 1. The van der Waals surface area contributed by atoms with Crippen molar-refractivity contribution in [2.75, 3.05) is 0 Å². The predicted molar refractivity (Wildman–Crippen MR) is 57.9 cm³/mol. The van der Waals surface area contributed by atoms with Crippen molar-refractivity contribution in [3.63, 3.8) is 0 Å². The third-order valence-electron chi connectivity index (χ3n) is 2.10. The summed E-state index contributed by atoms with van der Waals surface area (Å²) in [5.41, 5.74) is 1.16. The summed E-state index contributed by atoms with van der Waals surface area (Å²) in [4.78, 5) is 8.03. The van der Waals surface area contributed by atoms with Crippen molar-refractivity contribution in [3.05, 3.63) is 48.3 Å². The Morgan fingerprint density at radius 2 is 1.80 bits per heavy atom. The van der Waals surface area contributed by atoms with Crippen LogP contribution in [0.2, 0.25) is 0 Å². The monoisotopic (exact) mass is 200 g/mol. The third kappa shape index (κ3) is 2.31. The first-order valence-electron chi connectivity index (χ1n) is 4.93. The molecule has 1 heterocycles. The lowest BCUT2D eigenvalue weighted by atomic mass is 10.1. The predicted octanol–water partition coefficient (Wildman–Crippen LogP) is 2.83. The van der Waals surface area contributed by atoms with Gasteiger partial charge in [0.05, 0.1) is 0 Å². The Morgan fingerprint density at radius 3 is 2.53 bits per heavy atom. The average Bonchev–Trinajstić information content (AvgIpc) is 2.31. The van der Waals surface area contributed by atoms with Gasteiger partial charge in [0, 0.05) is 12.4 Å². The Morgan fingerprint density at radius 1 is 1.07 bits per heavy atom. The molecule has 0 spiro atoms. The van der Waals surface area contributed by atoms with E-state index < -0.39 is 0 Å². The fourth-order valence-electron chi connectivity index (χ4n) is 1.33. The van der Waals surface area contributed by atoms with Crippen LogP contribution in [-0.4, -0.2) is 9.97 Å². The highest BCUT2D eigenvalue weighted by Crippen LogP contribution is 2.22. The zero-order chi connectivity index (χ0) is 10.5. The van der Waals surface area contributed by atoms with Crippen LogP contribution in [0.15, 0.2) is 42.7 Å². The van der Waals surface area contributed by atoms with E-state index in [0.717, 1.165) is 17.7 Å². The largest absolute Gasteiger partial charge is 0.424 e. The van der Waals surface area contributed by atoms with E-state index in [1.165, 1.54) is 0 Å². The number of hydrogen-bond acceptors (Lipinski definition) is 3. The van der Waals surface area contributed by atoms with Gasteiger partial charge in [-0.15, -0.1) is 0 Å². The molecule has 0 unspecified atom stereocenters. The third-order valence-corrected chi connectivity index (χ3v) is 2.10. The van der Waals surface area contributed by atoms with Gasteiger partial charge in [0.2, 0.25) is 0 Å². The molecule has 2 rings (SSSR count). The Labute approximate surface area is 88.8 Å². The number of aryl methyl sites for hydroxylation is 1. The van der Waals surface area contributed by atoms with Gasteiger partial charge >= 0.3 is 6.01 Å². The van der Waals surface area contributed by atoms with Crippen LogP contribution < -0.4 is 4.74 Å². The first-order chi connectivity index (χ1) is 7.40. The molecular formula is C12H12N2O. The maximum Gasteiger partial charge on any atom is 0.321 e. The van der Waals surface area contributed by atoms with E-state index in [-0.39, 0.29) is 0 Å². The van der Waals surface area contributed by atoms with E-state index in [1.54, 1.807) is 18.5 Å². The molecule has 0 bridgehead atoms. The highest BCUT2D eigenvalue weighted by Gasteiger charge is 2.03. The maximum absolute atomic E-state index is 5.58. The highest BCUT2D eigenvalue weighted by molar-refractivity contribution is 5.34. The molecule has 76 valence electrons. The quantitative estimate of drug-likeness (QED) is 0.764. The van der Waals surface area contributed by atoms with Crippen LogP contribution in [0.1, 0.15) is 12.5 Å². The number of benzene rings is 1. The van der Waals surface area contributed by atoms with Crippen molar-refractivity contribution >= 4 is 0 Å². The molecule has 0 aliphatic heterocycles. The van der Waals surface area contributed by atoms with Crippen LogP contribution >= 0.6 is 0 Å². The molecule has 0 radical (unpaired) electrons. The van der Waals surface area contributed by atoms with E-state index in [2.05, 4.69) is 16.9 Å². The molecule has 1 aromatic heterocycles. The zero-order valence-corrected chi connectivity index (χ0v) is 8.55. The standard InChI is InChI=1S/C12H12N2O/c1-2-10-6-3-4-7-11(10)15-12-13-8-5-9-14-12/h3-9H,2H2,1H3. The van der Waals surface area contributed by atoms with Gasteiger partial charge in [-0.1, -0.05) is 25.1 Å². The summed E-state index contributed by atoms with van der Waals surface area (Å²) in [6.07, 6.45) is 4.26. The Balaban J connectivity index is 2.24. The van der Waals surface area contributed by atoms with E-state index in [4.69, 9.17) is 4.74 Å². The van der Waals surface area contributed by atoms with Gasteiger partial charge in [-0.05, 0) is 24.1 Å². The lowest BCUT2D eigenvalue weighted by Crippen LogP contribution is -1.93. The summed E-state index contributed by atoms with van der Waals surface area (Å²) in [6.45, 7) is 2.09. The molecule has 0 N–H and O–H groups in total. The second-order valence-corrected chi connectivity index (χ2v) is 3.09. The molecule has 15 heavy (non-hydrogen) atoms. The number of para-hydroxylation sites is 1. The minimum atomic E-state index is 0.387. The molecule has 0 aliphatic rings. The van der Waals surface area contributed by atoms with E-state index >= 15 is 0 Å². The topological polar surface area (TPSA) is 35.0 Å². The SMILES string of the molecule is CCc1ccccc1Oc1ncccn1. The average molecular weight is 200 g/mol. The zero-order valence-electron chi connectivity index (χ0n) is 8.55. The minimum Gasteiger partial charge on any atom is -0.424 e. The summed E-state index contributed by atoms with van der Waals surface area (Å²) < 4.78 is 5.58. The van der Waals surface area contributed by atoms with Crippen LogP contribution in [0.4, 0.5) is 0 Å². The maximum atomic E-state index is 5.58. The van der Waals surface area contributed by atoms with E-state index in [9.17, 15) is 0 Å².